The Morgan fingerprint density at radius 1 is 1.22 bits per heavy atom. The highest BCUT2D eigenvalue weighted by Crippen LogP contribution is 2.47. The van der Waals surface area contributed by atoms with Gasteiger partial charge in [0.05, 0.1) is 17.9 Å². The molecule has 1 atom stereocenters. The number of carbonyl (C=O) groups excluding carboxylic acids is 2. The molecule has 0 unspecified atom stereocenters. The molecule has 2 saturated carbocycles. The number of halogens is 1. The van der Waals surface area contributed by atoms with Gasteiger partial charge in [-0.2, -0.15) is 0 Å². The number of carbonyl (C=O) groups is 2. The second-order valence-electron chi connectivity index (χ2n) is 9.13. The van der Waals surface area contributed by atoms with Gasteiger partial charge in [-0.1, -0.05) is 12.5 Å². The van der Waals surface area contributed by atoms with Gasteiger partial charge in [-0.3, -0.25) is 10.1 Å². The number of urea groups is 1. The quantitative estimate of drug-likeness (QED) is 0.363. The second-order valence-corrected chi connectivity index (χ2v) is 11.0. The lowest BCUT2D eigenvalue weighted by Gasteiger charge is -2.20. The van der Waals surface area contributed by atoms with Crippen molar-refractivity contribution in [2.45, 2.75) is 63.5 Å². The Kier molecular flexibility index (Phi) is 6.44. The first-order valence-corrected chi connectivity index (χ1v) is 12.9. The fraction of sp³-hybridized carbons (Fsp3) is 0.636. The van der Waals surface area contributed by atoms with E-state index in [2.05, 4.69) is 10.0 Å². The van der Waals surface area contributed by atoms with Crippen LogP contribution in [0.3, 0.4) is 0 Å². The zero-order valence-corrected chi connectivity index (χ0v) is 19.0. The Labute approximate surface area is 187 Å². The van der Waals surface area contributed by atoms with Gasteiger partial charge in [-0.05, 0) is 69.1 Å². The van der Waals surface area contributed by atoms with Crippen LogP contribution in [0.2, 0.25) is 0 Å². The van der Waals surface area contributed by atoms with Gasteiger partial charge in [0.1, 0.15) is 6.04 Å². The number of nitrogens with zero attached hydrogens (tertiary/aromatic N) is 1. The highest BCUT2D eigenvalue weighted by Gasteiger charge is 2.47. The van der Waals surface area contributed by atoms with Crippen molar-refractivity contribution >= 4 is 22.0 Å². The number of ether oxygens (including phenoxy) is 1. The third-order valence-corrected chi connectivity index (χ3v) is 7.93. The molecule has 1 aromatic rings. The molecule has 32 heavy (non-hydrogen) atoms. The van der Waals surface area contributed by atoms with Crippen molar-refractivity contribution in [1.82, 2.24) is 14.9 Å². The number of imide groups is 1. The molecule has 0 bridgehead atoms. The lowest BCUT2D eigenvalue weighted by molar-refractivity contribution is -0.121. The van der Waals surface area contributed by atoms with Crippen molar-refractivity contribution in [3.05, 3.63) is 29.6 Å². The standard InChI is InChI=1S/C22H30FN3O5S/c1-15-20(27)24-21(28)26(15)11-3-2-4-12-32(29,30)25-22(9-10-22)17-7-8-18(23)19(13-17)31-14-16-5-6-16/h7-8,13,15-16,25H,2-6,9-12,14H2,1H3,(H,24,27,28)/t15-/m1/s1. The molecule has 2 aliphatic carbocycles. The normalized spacial score (nSPS) is 22.2. The molecule has 4 rings (SSSR count). The van der Waals surface area contributed by atoms with Gasteiger partial charge in [0.25, 0.3) is 5.91 Å². The fourth-order valence-electron chi connectivity index (χ4n) is 3.97. The molecule has 10 heteroatoms. The van der Waals surface area contributed by atoms with Crippen LogP contribution in [-0.2, 0) is 20.4 Å². The number of unbranched alkanes of at least 4 members (excludes halogenated alkanes) is 2. The van der Waals surface area contributed by atoms with E-state index in [9.17, 15) is 22.4 Å². The number of rotatable bonds is 12. The maximum absolute atomic E-state index is 14.1. The van der Waals surface area contributed by atoms with E-state index < -0.39 is 33.5 Å². The van der Waals surface area contributed by atoms with Crippen LogP contribution < -0.4 is 14.8 Å². The average molecular weight is 468 g/mol. The minimum absolute atomic E-state index is 0.0261. The summed E-state index contributed by atoms with van der Waals surface area (Å²) in [4.78, 5) is 24.6. The molecule has 0 radical (unpaired) electrons. The molecule has 176 valence electrons. The summed E-state index contributed by atoms with van der Waals surface area (Å²) >= 11 is 0. The summed E-state index contributed by atoms with van der Waals surface area (Å²) in [7, 11) is -3.52. The van der Waals surface area contributed by atoms with E-state index in [1.165, 1.54) is 11.0 Å². The zero-order chi connectivity index (χ0) is 22.9. The fourth-order valence-corrected chi connectivity index (χ4v) is 5.58. The molecule has 1 aromatic carbocycles. The lowest BCUT2D eigenvalue weighted by atomic mass is 10.1. The predicted molar refractivity (Wildman–Crippen MR) is 116 cm³/mol. The number of hydrogen-bond acceptors (Lipinski definition) is 5. The lowest BCUT2D eigenvalue weighted by Crippen LogP contribution is -2.36. The predicted octanol–water partition coefficient (Wildman–Crippen LogP) is 2.63. The van der Waals surface area contributed by atoms with Crippen LogP contribution in [0.5, 0.6) is 5.75 Å². The Morgan fingerprint density at radius 2 is 1.97 bits per heavy atom. The maximum atomic E-state index is 14.1. The third kappa shape index (κ3) is 5.40. The van der Waals surface area contributed by atoms with E-state index in [1.54, 1.807) is 19.1 Å². The molecule has 1 aliphatic heterocycles. The summed E-state index contributed by atoms with van der Waals surface area (Å²) < 4.78 is 47.8. The van der Waals surface area contributed by atoms with Crippen molar-refractivity contribution in [2.24, 2.45) is 5.92 Å². The molecule has 1 saturated heterocycles. The van der Waals surface area contributed by atoms with E-state index in [-0.39, 0.29) is 17.4 Å². The highest BCUT2D eigenvalue weighted by atomic mass is 32.2. The zero-order valence-electron chi connectivity index (χ0n) is 18.2. The van der Waals surface area contributed by atoms with E-state index in [1.807, 2.05) is 0 Å². The third-order valence-electron chi connectivity index (χ3n) is 6.41. The topological polar surface area (TPSA) is 105 Å². The molecule has 3 aliphatic rings. The average Bonchev–Trinajstić information content (AvgIpc) is 3.65. The summed E-state index contributed by atoms with van der Waals surface area (Å²) in [5.41, 5.74) is 0.0418. The molecular weight excluding hydrogens is 437 g/mol. The van der Waals surface area contributed by atoms with E-state index in [0.717, 1.165) is 18.4 Å². The number of hydrogen-bond donors (Lipinski definition) is 2. The summed E-state index contributed by atoms with van der Waals surface area (Å²) in [6.45, 7) is 2.57. The first kappa shape index (κ1) is 23.0. The van der Waals surface area contributed by atoms with Crippen LogP contribution >= 0.6 is 0 Å². The van der Waals surface area contributed by atoms with Gasteiger partial charge in [0.15, 0.2) is 11.6 Å². The van der Waals surface area contributed by atoms with Crippen LogP contribution in [0, 0.1) is 11.7 Å². The second kappa shape index (κ2) is 8.97. The monoisotopic (exact) mass is 467 g/mol. The largest absolute Gasteiger partial charge is 0.490 e. The first-order chi connectivity index (χ1) is 15.2. The number of benzene rings is 1. The molecule has 8 nitrogen and oxygen atoms in total. The van der Waals surface area contributed by atoms with E-state index in [0.29, 0.717) is 51.2 Å². The van der Waals surface area contributed by atoms with Crippen LogP contribution in [-0.4, -0.2) is 50.2 Å². The van der Waals surface area contributed by atoms with Crippen molar-refractivity contribution in [2.75, 3.05) is 18.9 Å². The van der Waals surface area contributed by atoms with Gasteiger partial charge in [0.2, 0.25) is 10.0 Å². The molecule has 2 N–H and O–H groups in total. The van der Waals surface area contributed by atoms with Gasteiger partial charge in [0, 0.05) is 6.54 Å². The van der Waals surface area contributed by atoms with Crippen molar-refractivity contribution < 1.29 is 27.1 Å². The number of sulfonamides is 1. The summed E-state index contributed by atoms with van der Waals surface area (Å²) in [6.07, 6.45) is 5.22. The minimum atomic E-state index is -3.52. The Balaban J connectivity index is 1.26. The molecule has 0 spiro atoms. The molecule has 3 amide bonds. The summed E-state index contributed by atoms with van der Waals surface area (Å²) in [6, 6.07) is 3.70. The smallest absolute Gasteiger partial charge is 0.324 e. The van der Waals surface area contributed by atoms with Crippen molar-refractivity contribution in [1.29, 1.82) is 0 Å². The maximum Gasteiger partial charge on any atom is 0.324 e. The van der Waals surface area contributed by atoms with Crippen molar-refractivity contribution in [3.8, 4) is 5.75 Å². The number of amides is 3. The Bertz CT molecular complexity index is 991. The Hall–Kier alpha value is -2.20. The summed E-state index contributed by atoms with van der Waals surface area (Å²) in [5, 5.41) is 2.26. The van der Waals surface area contributed by atoms with Gasteiger partial charge in [-0.15, -0.1) is 0 Å². The van der Waals surface area contributed by atoms with E-state index in [4.69, 9.17) is 4.74 Å². The molecule has 0 aromatic heterocycles. The van der Waals surface area contributed by atoms with Crippen LogP contribution in [0.15, 0.2) is 18.2 Å². The van der Waals surface area contributed by atoms with Gasteiger partial charge >= 0.3 is 6.03 Å². The molecular formula is C22H30FN3O5S. The minimum Gasteiger partial charge on any atom is -0.490 e. The van der Waals surface area contributed by atoms with Crippen LogP contribution in [0.4, 0.5) is 9.18 Å². The first-order valence-electron chi connectivity index (χ1n) is 11.3. The Morgan fingerprint density at radius 3 is 2.59 bits per heavy atom. The molecule has 1 heterocycles. The SMILES string of the molecule is C[C@@H]1C(=O)NC(=O)N1CCCCCS(=O)(=O)NC1(c2ccc(F)c(OCC3CC3)c2)CC1. The highest BCUT2D eigenvalue weighted by molar-refractivity contribution is 7.89. The van der Waals surface area contributed by atoms with Crippen molar-refractivity contribution in [3.63, 3.8) is 0 Å². The van der Waals surface area contributed by atoms with Crippen LogP contribution in [0.25, 0.3) is 0 Å². The molecule has 3 fully saturated rings. The number of nitrogens with one attached hydrogen (secondary N) is 2. The van der Waals surface area contributed by atoms with Crippen LogP contribution in [0.1, 0.15) is 57.4 Å². The van der Waals surface area contributed by atoms with Gasteiger partial charge in [-0.25, -0.2) is 22.3 Å². The summed E-state index contributed by atoms with van der Waals surface area (Å²) in [5.74, 6) is -0.0931. The van der Waals surface area contributed by atoms with Gasteiger partial charge < -0.3 is 9.64 Å². The van der Waals surface area contributed by atoms with E-state index >= 15 is 0 Å².